The second-order valence-corrected chi connectivity index (χ2v) is 4.57. The molecule has 1 unspecified atom stereocenters. The van der Waals surface area contributed by atoms with Gasteiger partial charge in [-0.3, -0.25) is 14.9 Å². The predicted molar refractivity (Wildman–Crippen MR) is 67.9 cm³/mol. The molecule has 6 nitrogen and oxygen atoms in total. The SMILES string of the molecule is Cc1cccc(C2C(=O)Nc3nc(C)nn3C2=O)c1. The summed E-state index contributed by atoms with van der Waals surface area (Å²) in [5.74, 6) is -0.959. The average molecular weight is 256 g/mol. The van der Waals surface area contributed by atoms with E-state index in [1.807, 2.05) is 25.1 Å². The lowest BCUT2D eigenvalue weighted by Gasteiger charge is -2.21. The Morgan fingerprint density at radius 3 is 2.79 bits per heavy atom. The van der Waals surface area contributed by atoms with Crippen molar-refractivity contribution in [2.75, 3.05) is 5.32 Å². The lowest BCUT2D eigenvalue weighted by Crippen LogP contribution is -2.38. The number of nitrogens with one attached hydrogen (secondary N) is 1. The molecule has 1 aliphatic heterocycles. The monoisotopic (exact) mass is 256 g/mol. The summed E-state index contributed by atoms with van der Waals surface area (Å²) in [5, 5.41) is 6.61. The highest BCUT2D eigenvalue weighted by Gasteiger charge is 2.37. The zero-order valence-electron chi connectivity index (χ0n) is 10.5. The van der Waals surface area contributed by atoms with E-state index in [4.69, 9.17) is 0 Å². The van der Waals surface area contributed by atoms with Crippen LogP contribution in [0.1, 0.15) is 27.7 Å². The van der Waals surface area contributed by atoms with Gasteiger partial charge in [0.25, 0.3) is 5.91 Å². The Morgan fingerprint density at radius 1 is 1.26 bits per heavy atom. The number of nitrogens with zero attached hydrogens (tertiary/aromatic N) is 3. The molecule has 6 heteroatoms. The van der Waals surface area contributed by atoms with Crippen LogP contribution in [-0.2, 0) is 4.79 Å². The van der Waals surface area contributed by atoms with Crippen LogP contribution in [0, 0.1) is 13.8 Å². The minimum atomic E-state index is -0.867. The van der Waals surface area contributed by atoms with Gasteiger partial charge in [0.15, 0.2) is 0 Å². The summed E-state index contributed by atoms with van der Waals surface area (Å²) in [6.45, 7) is 3.59. The van der Waals surface area contributed by atoms with E-state index in [1.165, 1.54) is 0 Å². The molecule has 0 radical (unpaired) electrons. The molecule has 1 aliphatic rings. The Bertz CT molecular complexity index is 690. The van der Waals surface area contributed by atoms with Gasteiger partial charge in [-0.05, 0) is 19.4 Å². The molecule has 1 aromatic carbocycles. The number of carbonyl (C=O) groups is 2. The zero-order chi connectivity index (χ0) is 13.6. The van der Waals surface area contributed by atoms with Crippen molar-refractivity contribution in [3.8, 4) is 0 Å². The van der Waals surface area contributed by atoms with Crippen molar-refractivity contribution in [3.05, 3.63) is 41.2 Å². The van der Waals surface area contributed by atoms with Gasteiger partial charge in [-0.25, -0.2) is 0 Å². The molecule has 0 bridgehead atoms. The fraction of sp³-hybridized carbons (Fsp3) is 0.231. The Labute approximate surface area is 109 Å². The summed E-state index contributed by atoms with van der Waals surface area (Å²) in [4.78, 5) is 28.4. The van der Waals surface area contributed by atoms with Crippen molar-refractivity contribution in [2.24, 2.45) is 0 Å². The van der Waals surface area contributed by atoms with Gasteiger partial charge in [-0.2, -0.15) is 9.67 Å². The largest absolute Gasteiger partial charge is 0.293 e. The lowest BCUT2D eigenvalue weighted by molar-refractivity contribution is -0.117. The van der Waals surface area contributed by atoms with Crippen molar-refractivity contribution in [1.29, 1.82) is 0 Å². The fourth-order valence-electron chi connectivity index (χ4n) is 2.21. The van der Waals surface area contributed by atoms with Gasteiger partial charge in [0.1, 0.15) is 11.7 Å². The summed E-state index contributed by atoms with van der Waals surface area (Å²) in [6, 6.07) is 7.34. The number of rotatable bonds is 1. The molecule has 3 rings (SSSR count). The van der Waals surface area contributed by atoms with E-state index < -0.39 is 5.92 Å². The molecule has 1 N–H and O–H groups in total. The summed E-state index contributed by atoms with van der Waals surface area (Å²) in [6.07, 6.45) is 0. The third-order valence-electron chi connectivity index (χ3n) is 3.04. The Kier molecular flexibility index (Phi) is 2.45. The highest BCUT2D eigenvalue weighted by atomic mass is 16.2. The normalized spacial score (nSPS) is 18.1. The van der Waals surface area contributed by atoms with Crippen molar-refractivity contribution < 1.29 is 9.59 Å². The van der Waals surface area contributed by atoms with Crippen LogP contribution in [0.2, 0.25) is 0 Å². The smallest absolute Gasteiger partial charge is 0.267 e. The number of amides is 1. The maximum atomic E-state index is 12.4. The maximum Gasteiger partial charge on any atom is 0.267 e. The molecule has 96 valence electrons. The molecule has 1 aromatic heterocycles. The first kappa shape index (κ1) is 11.6. The van der Waals surface area contributed by atoms with Gasteiger partial charge >= 0.3 is 0 Å². The topological polar surface area (TPSA) is 76.9 Å². The van der Waals surface area contributed by atoms with Crippen LogP contribution in [0.25, 0.3) is 0 Å². The molecule has 2 heterocycles. The lowest BCUT2D eigenvalue weighted by atomic mass is 9.95. The summed E-state index contributed by atoms with van der Waals surface area (Å²) < 4.78 is 1.16. The molecule has 0 saturated carbocycles. The first-order valence-electron chi connectivity index (χ1n) is 5.91. The Balaban J connectivity index is 2.09. The van der Waals surface area contributed by atoms with Crippen LogP contribution >= 0.6 is 0 Å². The third-order valence-corrected chi connectivity index (χ3v) is 3.04. The highest BCUT2D eigenvalue weighted by molar-refractivity contribution is 6.14. The van der Waals surface area contributed by atoms with Crippen molar-refractivity contribution in [2.45, 2.75) is 19.8 Å². The molecular formula is C13H12N4O2. The van der Waals surface area contributed by atoms with Crippen LogP contribution in [0.15, 0.2) is 24.3 Å². The molecule has 19 heavy (non-hydrogen) atoms. The average Bonchev–Trinajstić information content (AvgIpc) is 2.70. The van der Waals surface area contributed by atoms with Gasteiger partial charge in [-0.15, -0.1) is 5.10 Å². The summed E-state index contributed by atoms with van der Waals surface area (Å²) in [7, 11) is 0. The number of aryl methyl sites for hydroxylation is 2. The second kappa shape index (κ2) is 4.01. The number of fused-ring (bicyclic) bond motifs is 1. The van der Waals surface area contributed by atoms with E-state index in [0.717, 1.165) is 10.2 Å². The number of hydrogen-bond donors (Lipinski definition) is 1. The molecule has 0 aliphatic carbocycles. The molecule has 1 amide bonds. The van der Waals surface area contributed by atoms with E-state index in [1.54, 1.807) is 13.0 Å². The molecule has 0 saturated heterocycles. The van der Waals surface area contributed by atoms with E-state index in [9.17, 15) is 9.59 Å². The maximum absolute atomic E-state index is 12.4. The summed E-state index contributed by atoms with van der Waals surface area (Å²) in [5.41, 5.74) is 1.67. The van der Waals surface area contributed by atoms with Crippen LogP contribution < -0.4 is 5.32 Å². The molecule has 2 aromatic rings. The van der Waals surface area contributed by atoms with E-state index in [-0.39, 0.29) is 17.8 Å². The quantitative estimate of drug-likeness (QED) is 0.779. The van der Waals surface area contributed by atoms with Crippen molar-refractivity contribution in [1.82, 2.24) is 14.8 Å². The van der Waals surface area contributed by atoms with Gasteiger partial charge in [-0.1, -0.05) is 29.8 Å². The number of aromatic nitrogens is 3. The van der Waals surface area contributed by atoms with Crippen LogP contribution in [-0.4, -0.2) is 26.6 Å². The number of benzene rings is 1. The van der Waals surface area contributed by atoms with E-state index in [2.05, 4.69) is 15.4 Å². The van der Waals surface area contributed by atoms with E-state index >= 15 is 0 Å². The minimum absolute atomic E-state index is 0.191. The third kappa shape index (κ3) is 1.81. The number of carbonyl (C=O) groups excluding carboxylic acids is 2. The van der Waals surface area contributed by atoms with Crippen LogP contribution in [0.3, 0.4) is 0 Å². The van der Waals surface area contributed by atoms with Gasteiger partial charge in [0.05, 0.1) is 0 Å². The molecule has 1 atom stereocenters. The minimum Gasteiger partial charge on any atom is -0.293 e. The first-order chi connectivity index (χ1) is 9.06. The van der Waals surface area contributed by atoms with Gasteiger partial charge < -0.3 is 0 Å². The molecule has 0 fully saturated rings. The van der Waals surface area contributed by atoms with E-state index in [0.29, 0.717) is 11.4 Å². The molecule has 0 spiro atoms. The zero-order valence-corrected chi connectivity index (χ0v) is 10.5. The van der Waals surface area contributed by atoms with Crippen LogP contribution in [0.5, 0.6) is 0 Å². The van der Waals surface area contributed by atoms with Crippen molar-refractivity contribution >= 4 is 17.8 Å². The highest BCUT2D eigenvalue weighted by Crippen LogP contribution is 2.25. The first-order valence-corrected chi connectivity index (χ1v) is 5.91. The second-order valence-electron chi connectivity index (χ2n) is 4.57. The Morgan fingerprint density at radius 2 is 2.05 bits per heavy atom. The Hall–Kier alpha value is -2.50. The number of anilines is 1. The van der Waals surface area contributed by atoms with Crippen molar-refractivity contribution in [3.63, 3.8) is 0 Å². The number of hydrogen-bond acceptors (Lipinski definition) is 4. The standard InChI is InChI=1S/C13H12N4O2/c1-7-4-3-5-9(6-7)10-11(18)15-13-14-8(2)16-17(13)12(10)19/h3-6,10H,1-2H3,(H,14,15,16,18). The fourth-order valence-corrected chi connectivity index (χ4v) is 2.21. The van der Waals surface area contributed by atoms with Gasteiger partial charge in [0, 0.05) is 0 Å². The van der Waals surface area contributed by atoms with Gasteiger partial charge in [0.2, 0.25) is 11.9 Å². The van der Waals surface area contributed by atoms with Crippen LogP contribution in [0.4, 0.5) is 5.95 Å². The summed E-state index contributed by atoms with van der Waals surface area (Å²) >= 11 is 0. The predicted octanol–water partition coefficient (Wildman–Crippen LogP) is 1.27. The molecular weight excluding hydrogens is 244 g/mol.